The van der Waals surface area contributed by atoms with Gasteiger partial charge in [0, 0.05) is 12.1 Å². The van der Waals surface area contributed by atoms with Gasteiger partial charge in [-0.3, -0.25) is 0 Å². The Hall–Kier alpha value is -2.74. The van der Waals surface area contributed by atoms with E-state index in [1.165, 1.54) is 38.5 Å². The molecule has 0 unspecified atom stereocenters. The Kier molecular flexibility index (Phi) is 5.79. The van der Waals surface area contributed by atoms with Crippen molar-refractivity contribution in [3.63, 3.8) is 0 Å². The van der Waals surface area contributed by atoms with Crippen LogP contribution in [0.15, 0.2) is 63.2 Å². The fourth-order valence-electron chi connectivity index (χ4n) is 2.59. The summed E-state index contributed by atoms with van der Waals surface area (Å²) < 4.78 is 80.8. The van der Waals surface area contributed by atoms with Gasteiger partial charge >= 0.3 is 0 Å². The smallest absolute Gasteiger partial charge is 0.243 e. The minimum atomic E-state index is -2.20. The molecular formula is C20H14F5O2S+. The van der Waals surface area contributed by atoms with E-state index in [0.29, 0.717) is 21.3 Å². The summed E-state index contributed by atoms with van der Waals surface area (Å²) in [6, 6.07) is 12.4. The molecule has 3 aromatic carbocycles. The second kappa shape index (κ2) is 8.10. The van der Waals surface area contributed by atoms with Crippen molar-refractivity contribution in [2.45, 2.75) is 14.7 Å². The minimum Gasteiger partial charge on any atom is -0.497 e. The van der Waals surface area contributed by atoms with E-state index in [1.54, 1.807) is 24.3 Å². The summed E-state index contributed by atoms with van der Waals surface area (Å²) in [4.78, 5) is -0.287. The van der Waals surface area contributed by atoms with Crippen molar-refractivity contribution in [3.8, 4) is 11.5 Å². The Morgan fingerprint density at radius 3 is 1.39 bits per heavy atom. The molecule has 3 rings (SSSR count). The van der Waals surface area contributed by atoms with Gasteiger partial charge in [-0.05, 0) is 24.3 Å². The van der Waals surface area contributed by atoms with Crippen molar-refractivity contribution in [2.75, 3.05) is 14.2 Å². The van der Waals surface area contributed by atoms with Crippen molar-refractivity contribution in [2.24, 2.45) is 0 Å². The lowest BCUT2D eigenvalue weighted by molar-refractivity contribution is 0.360. The first-order chi connectivity index (χ1) is 13.4. The Morgan fingerprint density at radius 1 is 0.607 bits per heavy atom. The number of benzene rings is 3. The minimum absolute atomic E-state index is 0.316. The zero-order valence-electron chi connectivity index (χ0n) is 14.7. The topological polar surface area (TPSA) is 18.5 Å². The van der Waals surface area contributed by atoms with E-state index < -0.39 is 44.9 Å². The van der Waals surface area contributed by atoms with Gasteiger partial charge in [0.15, 0.2) is 9.79 Å². The van der Waals surface area contributed by atoms with Crippen molar-refractivity contribution in [1.29, 1.82) is 0 Å². The summed E-state index contributed by atoms with van der Waals surface area (Å²) >= 11 is 0. The van der Waals surface area contributed by atoms with Gasteiger partial charge in [-0.1, -0.05) is 12.1 Å². The molecule has 0 aliphatic rings. The molecule has 8 heteroatoms. The highest BCUT2D eigenvalue weighted by molar-refractivity contribution is 7.97. The maximum atomic E-state index is 14.6. The van der Waals surface area contributed by atoms with Crippen LogP contribution in [-0.4, -0.2) is 14.2 Å². The van der Waals surface area contributed by atoms with Crippen LogP contribution >= 0.6 is 0 Å². The molecule has 0 radical (unpaired) electrons. The molecule has 0 aromatic heterocycles. The van der Waals surface area contributed by atoms with E-state index in [9.17, 15) is 22.0 Å². The maximum Gasteiger partial charge on any atom is 0.243 e. The van der Waals surface area contributed by atoms with Gasteiger partial charge in [-0.25, -0.2) is 13.2 Å². The number of hydrogen-bond donors (Lipinski definition) is 0. The quantitative estimate of drug-likeness (QED) is 0.238. The first-order valence-electron chi connectivity index (χ1n) is 7.92. The number of methoxy groups -OCH3 is 2. The third-order valence-electron chi connectivity index (χ3n) is 3.93. The average molecular weight is 413 g/mol. The standard InChI is InChI=1S/C20H14F5O2S/c1-26-11-5-3-7-13(9-11)28(14-8-4-6-12(10-14)27-2)20-18(24)16(22)15(21)17(23)19(20)25/h3-10H,1-2H3/q+1. The molecule has 2 nitrogen and oxygen atoms in total. The van der Waals surface area contributed by atoms with Gasteiger partial charge in [-0.2, -0.15) is 8.78 Å². The fourth-order valence-corrected chi connectivity index (χ4v) is 4.77. The van der Waals surface area contributed by atoms with E-state index in [4.69, 9.17) is 9.47 Å². The lowest BCUT2D eigenvalue weighted by atomic mass is 10.3. The van der Waals surface area contributed by atoms with Crippen molar-refractivity contribution >= 4 is 10.9 Å². The monoisotopic (exact) mass is 413 g/mol. The van der Waals surface area contributed by atoms with Crippen LogP contribution in [0.3, 0.4) is 0 Å². The fraction of sp³-hybridized carbons (Fsp3) is 0.100. The van der Waals surface area contributed by atoms with E-state index in [-0.39, 0.29) is 0 Å². The Bertz CT molecular complexity index is 949. The molecule has 3 aromatic rings. The highest BCUT2D eigenvalue weighted by Crippen LogP contribution is 2.39. The molecule has 0 aliphatic heterocycles. The molecule has 146 valence electrons. The number of halogens is 5. The number of ether oxygens (including phenoxy) is 2. The number of rotatable bonds is 5. The van der Waals surface area contributed by atoms with Gasteiger partial charge in [0.2, 0.25) is 34.0 Å². The zero-order chi connectivity index (χ0) is 20.4. The van der Waals surface area contributed by atoms with Gasteiger partial charge in [-0.15, -0.1) is 0 Å². The first kappa shape index (κ1) is 20.0. The largest absolute Gasteiger partial charge is 0.497 e. The summed E-state index contributed by atoms with van der Waals surface area (Å²) in [5.41, 5.74) is 0. The van der Waals surface area contributed by atoms with Crippen LogP contribution in [-0.2, 0) is 10.9 Å². The Labute approximate surface area is 160 Å². The molecule has 0 N–H and O–H groups in total. The van der Waals surface area contributed by atoms with Gasteiger partial charge < -0.3 is 9.47 Å². The molecule has 28 heavy (non-hydrogen) atoms. The second-order valence-electron chi connectivity index (χ2n) is 5.56. The first-order valence-corrected chi connectivity index (χ1v) is 9.15. The van der Waals surface area contributed by atoms with Crippen molar-refractivity contribution in [1.82, 2.24) is 0 Å². The molecule has 0 bridgehead atoms. The highest BCUT2D eigenvalue weighted by Gasteiger charge is 2.41. The van der Waals surface area contributed by atoms with E-state index >= 15 is 0 Å². The Morgan fingerprint density at radius 2 is 1.00 bits per heavy atom. The van der Waals surface area contributed by atoms with Crippen LogP contribution in [0.1, 0.15) is 0 Å². The van der Waals surface area contributed by atoms with Crippen molar-refractivity contribution < 1.29 is 31.4 Å². The summed E-state index contributed by atoms with van der Waals surface area (Å²) in [6.45, 7) is 0. The summed E-state index contributed by atoms with van der Waals surface area (Å²) in [6.07, 6.45) is 0. The van der Waals surface area contributed by atoms with Gasteiger partial charge in [0.1, 0.15) is 22.4 Å². The van der Waals surface area contributed by atoms with Crippen LogP contribution in [0.2, 0.25) is 0 Å². The predicted octanol–water partition coefficient (Wildman–Crippen LogP) is 5.49. The Balaban J connectivity index is 2.34. The zero-order valence-corrected chi connectivity index (χ0v) is 15.5. The lowest BCUT2D eigenvalue weighted by Crippen LogP contribution is -2.14. The van der Waals surface area contributed by atoms with E-state index in [0.717, 1.165) is 0 Å². The summed E-state index contributed by atoms with van der Waals surface area (Å²) in [7, 11) is 1.16. The maximum absolute atomic E-state index is 14.6. The molecule has 0 aliphatic carbocycles. The third kappa shape index (κ3) is 3.52. The summed E-state index contributed by atoms with van der Waals surface area (Å²) in [5.74, 6) is -9.16. The SMILES string of the molecule is COc1cccc([S+](c2cccc(OC)c2)c2c(F)c(F)c(F)c(F)c2F)c1. The van der Waals surface area contributed by atoms with Gasteiger partial charge in [0.05, 0.1) is 14.2 Å². The van der Waals surface area contributed by atoms with E-state index in [1.807, 2.05) is 0 Å². The van der Waals surface area contributed by atoms with Crippen LogP contribution in [0.5, 0.6) is 11.5 Å². The highest BCUT2D eigenvalue weighted by atomic mass is 32.2. The number of hydrogen-bond acceptors (Lipinski definition) is 2. The molecule has 0 amide bonds. The normalized spacial score (nSPS) is 11.0. The molecule has 0 saturated heterocycles. The molecule has 0 heterocycles. The second-order valence-corrected chi connectivity index (χ2v) is 7.53. The summed E-state index contributed by atoms with van der Waals surface area (Å²) in [5, 5.41) is 0. The van der Waals surface area contributed by atoms with Crippen LogP contribution in [0, 0.1) is 29.1 Å². The lowest BCUT2D eigenvalue weighted by Gasteiger charge is -2.12. The molecule has 0 spiro atoms. The van der Waals surface area contributed by atoms with Crippen LogP contribution in [0.25, 0.3) is 0 Å². The van der Waals surface area contributed by atoms with Crippen molar-refractivity contribution in [3.05, 3.63) is 77.6 Å². The van der Waals surface area contributed by atoms with Crippen LogP contribution < -0.4 is 9.47 Å². The average Bonchev–Trinajstić information content (AvgIpc) is 2.73. The predicted molar refractivity (Wildman–Crippen MR) is 94.4 cm³/mol. The molecular weight excluding hydrogens is 399 g/mol. The molecule has 0 atom stereocenters. The van der Waals surface area contributed by atoms with E-state index in [2.05, 4.69) is 0 Å². The molecule has 0 saturated carbocycles. The van der Waals surface area contributed by atoms with Crippen LogP contribution in [0.4, 0.5) is 22.0 Å². The van der Waals surface area contributed by atoms with Gasteiger partial charge in [0.25, 0.3) is 0 Å². The third-order valence-corrected chi connectivity index (χ3v) is 6.14. The molecule has 0 fully saturated rings.